The molecular formula is C15H28N2. The van der Waals surface area contributed by atoms with Crippen LogP contribution >= 0.6 is 0 Å². The lowest BCUT2D eigenvalue weighted by Crippen LogP contribution is -2.63. The van der Waals surface area contributed by atoms with Gasteiger partial charge < -0.3 is 5.32 Å². The normalized spacial score (nSPS) is 31.3. The van der Waals surface area contributed by atoms with Crippen LogP contribution in [0.4, 0.5) is 0 Å². The number of nitrogens with one attached hydrogen (secondary N) is 1. The zero-order valence-electron chi connectivity index (χ0n) is 11.5. The fourth-order valence-electron chi connectivity index (χ4n) is 3.54. The van der Waals surface area contributed by atoms with Gasteiger partial charge in [0.25, 0.3) is 0 Å². The van der Waals surface area contributed by atoms with Crippen LogP contribution in [0, 0.1) is 5.92 Å². The maximum Gasteiger partial charge on any atom is 0.0253 e. The first-order chi connectivity index (χ1) is 8.12. The average molecular weight is 236 g/mol. The monoisotopic (exact) mass is 236 g/mol. The zero-order chi connectivity index (χ0) is 12.3. The molecule has 17 heavy (non-hydrogen) atoms. The molecule has 1 saturated carbocycles. The summed E-state index contributed by atoms with van der Waals surface area (Å²) in [5, 5.41) is 3.72. The van der Waals surface area contributed by atoms with Crippen LogP contribution in [0.25, 0.3) is 0 Å². The maximum atomic E-state index is 3.92. The molecule has 0 aromatic heterocycles. The van der Waals surface area contributed by atoms with Crippen molar-refractivity contribution in [3.05, 3.63) is 12.7 Å². The molecule has 1 N–H and O–H groups in total. The lowest BCUT2D eigenvalue weighted by Gasteiger charge is -2.48. The molecule has 0 radical (unpaired) electrons. The molecule has 0 bridgehead atoms. The first kappa shape index (κ1) is 13.1. The van der Waals surface area contributed by atoms with Crippen molar-refractivity contribution in [1.82, 2.24) is 10.2 Å². The van der Waals surface area contributed by atoms with Crippen LogP contribution in [0.5, 0.6) is 0 Å². The minimum absolute atomic E-state index is 0.258. The molecule has 2 nitrogen and oxygen atoms in total. The minimum atomic E-state index is 0.258. The van der Waals surface area contributed by atoms with Gasteiger partial charge in [-0.3, -0.25) is 4.90 Å². The van der Waals surface area contributed by atoms with Gasteiger partial charge in [0.05, 0.1) is 0 Å². The lowest BCUT2D eigenvalue weighted by atomic mass is 9.81. The average Bonchev–Trinajstić information content (AvgIpc) is 2.30. The highest BCUT2D eigenvalue weighted by Crippen LogP contribution is 2.31. The van der Waals surface area contributed by atoms with Gasteiger partial charge in [-0.05, 0) is 32.6 Å². The molecule has 1 unspecified atom stereocenters. The van der Waals surface area contributed by atoms with Crippen molar-refractivity contribution in [3.8, 4) is 0 Å². The Balaban J connectivity index is 2.00. The summed E-state index contributed by atoms with van der Waals surface area (Å²) >= 11 is 0. The molecule has 2 rings (SSSR count). The van der Waals surface area contributed by atoms with Crippen molar-refractivity contribution in [3.63, 3.8) is 0 Å². The summed E-state index contributed by atoms with van der Waals surface area (Å²) in [6.07, 6.45) is 9.25. The Morgan fingerprint density at radius 2 is 2.00 bits per heavy atom. The topological polar surface area (TPSA) is 15.3 Å². The lowest BCUT2D eigenvalue weighted by molar-refractivity contribution is 0.0576. The first-order valence-corrected chi connectivity index (χ1v) is 7.22. The molecule has 1 heterocycles. The second-order valence-electron chi connectivity index (χ2n) is 6.45. The van der Waals surface area contributed by atoms with Crippen LogP contribution in [-0.2, 0) is 0 Å². The highest BCUT2D eigenvalue weighted by molar-refractivity contribution is 4.97. The van der Waals surface area contributed by atoms with E-state index in [-0.39, 0.29) is 5.54 Å². The number of rotatable bonds is 3. The van der Waals surface area contributed by atoms with Crippen LogP contribution < -0.4 is 5.32 Å². The molecule has 0 amide bonds. The van der Waals surface area contributed by atoms with E-state index in [1.165, 1.54) is 32.1 Å². The fourth-order valence-corrected chi connectivity index (χ4v) is 3.54. The molecule has 0 spiro atoms. The van der Waals surface area contributed by atoms with E-state index in [2.05, 4.69) is 36.7 Å². The molecule has 98 valence electrons. The smallest absolute Gasteiger partial charge is 0.0253 e. The number of nitrogens with zero attached hydrogens (tertiary/aromatic N) is 1. The van der Waals surface area contributed by atoms with Gasteiger partial charge in [-0.15, -0.1) is 6.58 Å². The Hall–Kier alpha value is -0.340. The van der Waals surface area contributed by atoms with E-state index in [0.717, 1.165) is 31.6 Å². The Bertz CT molecular complexity index is 254. The molecule has 1 aliphatic carbocycles. The van der Waals surface area contributed by atoms with Gasteiger partial charge >= 0.3 is 0 Å². The standard InChI is InChI=1S/C15H28N2/c1-4-10-17-12-15(2,3)16-11-14(17)13-8-6-5-7-9-13/h4,13-14,16H,1,5-12H2,2-3H3. The van der Waals surface area contributed by atoms with E-state index < -0.39 is 0 Å². The third-order valence-electron chi connectivity index (χ3n) is 4.41. The van der Waals surface area contributed by atoms with Gasteiger partial charge in [-0.2, -0.15) is 0 Å². The highest BCUT2D eigenvalue weighted by atomic mass is 15.2. The van der Waals surface area contributed by atoms with E-state index in [1.807, 2.05) is 0 Å². The number of piperazine rings is 1. The molecule has 1 saturated heterocycles. The predicted molar refractivity (Wildman–Crippen MR) is 74.2 cm³/mol. The van der Waals surface area contributed by atoms with E-state index in [1.54, 1.807) is 0 Å². The summed E-state index contributed by atoms with van der Waals surface area (Å²) < 4.78 is 0. The summed E-state index contributed by atoms with van der Waals surface area (Å²) in [6.45, 7) is 11.9. The van der Waals surface area contributed by atoms with Crippen LogP contribution in [-0.4, -0.2) is 36.1 Å². The summed E-state index contributed by atoms with van der Waals surface area (Å²) in [5.41, 5.74) is 0.258. The van der Waals surface area contributed by atoms with E-state index in [9.17, 15) is 0 Å². The maximum absolute atomic E-state index is 3.92. The fraction of sp³-hybridized carbons (Fsp3) is 0.867. The van der Waals surface area contributed by atoms with Crippen molar-refractivity contribution in [2.24, 2.45) is 5.92 Å². The van der Waals surface area contributed by atoms with Crippen LogP contribution in [0.1, 0.15) is 46.0 Å². The summed E-state index contributed by atoms with van der Waals surface area (Å²) in [7, 11) is 0. The van der Waals surface area contributed by atoms with Crippen molar-refractivity contribution >= 4 is 0 Å². The summed E-state index contributed by atoms with van der Waals surface area (Å²) in [6, 6.07) is 0.737. The summed E-state index contributed by atoms with van der Waals surface area (Å²) in [5.74, 6) is 0.910. The number of hydrogen-bond acceptors (Lipinski definition) is 2. The van der Waals surface area contributed by atoms with Gasteiger partial charge in [0, 0.05) is 31.2 Å². The highest BCUT2D eigenvalue weighted by Gasteiger charge is 2.36. The zero-order valence-corrected chi connectivity index (χ0v) is 11.5. The predicted octanol–water partition coefficient (Wildman–Crippen LogP) is 2.81. The van der Waals surface area contributed by atoms with Crippen molar-refractivity contribution in [2.45, 2.75) is 57.5 Å². The second kappa shape index (κ2) is 5.53. The third-order valence-corrected chi connectivity index (χ3v) is 4.41. The van der Waals surface area contributed by atoms with Crippen LogP contribution in [0.2, 0.25) is 0 Å². The van der Waals surface area contributed by atoms with Crippen LogP contribution in [0.15, 0.2) is 12.7 Å². The molecule has 2 aliphatic rings. The quantitative estimate of drug-likeness (QED) is 0.758. The van der Waals surface area contributed by atoms with Gasteiger partial charge in [0.2, 0.25) is 0 Å². The molecule has 0 aromatic rings. The van der Waals surface area contributed by atoms with E-state index in [4.69, 9.17) is 0 Å². The largest absolute Gasteiger partial charge is 0.309 e. The first-order valence-electron chi connectivity index (χ1n) is 7.22. The van der Waals surface area contributed by atoms with Crippen molar-refractivity contribution in [2.75, 3.05) is 19.6 Å². The Labute approximate surface area is 106 Å². The molecule has 2 heteroatoms. The molecule has 2 fully saturated rings. The SMILES string of the molecule is C=CCN1CC(C)(C)NCC1C1CCCCC1. The van der Waals surface area contributed by atoms with Gasteiger partial charge in [0.15, 0.2) is 0 Å². The summed E-state index contributed by atoms with van der Waals surface area (Å²) in [4.78, 5) is 2.65. The van der Waals surface area contributed by atoms with E-state index >= 15 is 0 Å². The van der Waals surface area contributed by atoms with Gasteiger partial charge in [-0.1, -0.05) is 25.3 Å². The second-order valence-corrected chi connectivity index (χ2v) is 6.45. The Morgan fingerprint density at radius 3 is 2.65 bits per heavy atom. The third kappa shape index (κ3) is 3.32. The van der Waals surface area contributed by atoms with Crippen molar-refractivity contribution in [1.29, 1.82) is 0 Å². The van der Waals surface area contributed by atoms with Gasteiger partial charge in [0.1, 0.15) is 0 Å². The number of hydrogen-bond donors (Lipinski definition) is 1. The van der Waals surface area contributed by atoms with Crippen molar-refractivity contribution < 1.29 is 0 Å². The minimum Gasteiger partial charge on any atom is -0.309 e. The van der Waals surface area contributed by atoms with Gasteiger partial charge in [-0.25, -0.2) is 0 Å². The Kier molecular flexibility index (Phi) is 4.26. The molecular weight excluding hydrogens is 208 g/mol. The molecule has 0 aromatic carbocycles. The Morgan fingerprint density at radius 1 is 1.29 bits per heavy atom. The molecule has 1 atom stereocenters. The molecule has 1 aliphatic heterocycles. The van der Waals surface area contributed by atoms with Crippen LogP contribution in [0.3, 0.4) is 0 Å². The van der Waals surface area contributed by atoms with E-state index in [0.29, 0.717) is 0 Å².